The van der Waals surface area contributed by atoms with E-state index >= 15 is 0 Å². The second-order valence-electron chi connectivity index (χ2n) is 3.54. The molecule has 1 amide bonds. The van der Waals surface area contributed by atoms with Crippen LogP contribution >= 0.6 is 23.1 Å². The number of carbonyl (C=O) groups excluding carboxylic acids is 1. The number of rotatable bonds is 4. The van der Waals surface area contributed by atoms with E-state index < -0.39 is 0 Å². The van der Waals surface area contributed by atoms with Crippen LogP contribution in [-0.4, -0.2) is 17.1 Å². The minimum Gasteiger partial charge on any atom is -0.298 e. The van der Waals surface area contributed by atoms with Crippen LogP contribution in [0.1, 0.15) is 16.1 Å². The van der Waals surface area contributed by atoms with E-state index in [1.54, 1.807) is 11.8 Å². The van der Waals surface area contributed by atoms with Gasteiger partial charge in [-0.15, -0.1) is 11.3 Å². The lowest BCUT2D eigenvalue weighted by atomic mass is 10.2. The zero-order chi connectivity index (χ0) is 13.0. The molecule has 0 unspecified atom stereocenters. The van der Waals surface area contributed by atoms with Crippen molar-refractivity contribution in [2.45, 2.75) is 5.75 Å². The van der Waals surface area contributed by atoms with Crippen molar-refractivity contribution in [2.75, 3.05) is 11.6 Å². The highest BCUT2D eigenvalue weighted by Gasteiger charge is 2.08. The Hall–Kier alpha value is -1.40. The summed E-state index contributed by atoms with van der Waals surface area (Å²) in [5.41, 5.74) is 1.36. The summed E-state index contributed by atoms with van der Waals surface area (Å²) >= 11 is 3.06. The second-order valence-corrected chi connectivity index (χ2v) is 5.26. The molecule has 0 fully saturated rings. The molecule has 0 atom stereocenters. The second kappa shape index (κ2) is 5.97. The molecule has 1 N–H and O–H groups in total. The highest BCUT2D eigenvalue weighted by atomic mass is 32.2. The predicted molar refractivity (Wildman–Crippen MR) is 73.7 cm³/mol. The third kappa shape index (κ3) is 3.30. The first kappa shape index (κ1) is 13.0. The third-order valence-corrected chi connectivity index (χ3v) is 3.56. The maximum atomic E-state index is 12.7. The maximum Gasteiger partial charge on any atom is 0.257 e. The van der Waals surface area contributed by atoms with Crippen molar-refractivity contribution in [3.63, 3.8) is 0 Å². The van der Waals surface area contributed by atoms with Crippen molar-refractivity contribution in [3.8, 4) is 0 Å². The molecule has 0 aliphatic rings. The van der Waals surface area contributed by atoms with E-state index in [2.05, 4.69) is 10.3 Å². The average Bonchev–Trinajstić information content (AvgIpc) is 2.78. The number of thiazole rings is 1. The van der Waals surface area contributed by atoms with E-state index in [-0.39, 0.29) is 11.7 Å². The topological polar surface area (TPSA) is 42.0 Å². The Morgan fingerprint density at radius 1 is 1.44 bits per heavy atom. The molecule has 1 aromatic carbocycles. The van der Waals surface area contributed by atoms with Gasteiger partial charge in [0.1, 0.15) is 5.82 Å². The summed E-state index contributed by atoms with van der Waals surface area (Å²) in [4.78, 5) is 16.1. The van der Waals surface area contributed by atoms with Gasteiger partial charge < -0.3 is 0 Å². The first-order valence-electron chi connectivity index (χ1n) is 5.19. The zero-order valence-corrected chi connectivity index (χ0v) is 11.3. The first-order valence-corrected chi connectivity index (χ1v) is 7.46. The molecule has 0 radical (unpaired) electrons. The van der Waals surface area contributed by atoms with Crippen molar-refractivity contribution in [1.82, 2.24) is 4.98 Å². The standard InChI is InChI=1S/C12H11FN2OS2/c1-17-6-10-7-18-12(14-10)15-11(16)8-2-4-9(13)5-3-8/h2-5,7H,6H2,1H3,(H,14,15,16). The van der Waals surface area contributed by atoms with Crippen molar-refractivity contribution < 1.29 is 9.18 Å². The lowest BCUT2D eigenvalue weighted by Crippen LogP contribution is -2.11. The van der Waals surface area contributed by atoms with E-state index in [1.165, 1.54) is 35.6 Å². The summed E-state index contributed by atoms with van der Waals surface area (Å²) in [5, 5.41) is 5.17. The summed E-state index contributed by atoms with van der Waals surface area (Å²) in [6, 6.07) is 5.41. The molecule has 2 aromatic rings. The summed E-state index contributed by atoms with van der Waals surface area (Å²) in [5.74, 6) is 0.186. The molecule has 0 aliphatic heterocycles. The van der Waals surface area contributed by atoms with E-state index in [0.717, 1.165) is 11.4 Å². The first-order chi connectivity index (χ1) is 8.69. The number of nitrogens with one attached hydrogen (secondary N) is 1. The van der Waals surface area contributed by atoms with Crippen LogP contribution in [0, 0.1) is 5.82 Å². The SMILES string of the molecule is CSCc1csc(NC(=O)c2ccc(F)cc2)n1. The van der Waals surface area contributed by atoms with Crippen LogP contribution in [0.4, 0.5) is 9.52 Å². The predicted octanol–water partition coefficient (Wildman–Crippen LogP) is 3.40. The van der Waals surface area contributed by atoms with Gasteiger partial charge in [-0.2, -0.15) is 11.8 Å². The highest BCUT2D eigenvalue weighted by Crippen LogP contribution is 2.19. The van der Waals surface area contributed by atoms with Crippen LogP contribution in [0.5, 0.6) is 0 Å². The molecule has 0 bridgehead atoms. The van der Waals surface area contributed by atoms with Crippen LogP contribution in [0.2, 0.25) is 0 Å². The number of benzene rings is 1. The fourth-order valence-corrected chi connectivity index (χ4v) is 2.60. The summed E-state index contributed by atoms with van der Waals surface area (Å²) in [7, 11) is 0. The van der Waals surface area contributed by atoms with Crippen molar-refractivity contribution >= 4 is 34.1 Å². The van der Waals surface area contributed by atoms with Gasteiger partial charge in [0.25, 0.3) is 5.91 Å². The van der Waals surface area contributed by atoms with Crippen LogP contribution in [0.3, 0.4) is 0 Å². The van der Waals surface area contributed by atoms with Crippen LogP contribution in [0.25, 0.3) is 0 Å². The minimum atomic E-state index is -0.358. The van der Waals surface area contributed by atoms with Crippen LogP contribution in [0.15, 0.2) is 29.6 Å². The molecular weight excluding hydrogens is 271 g/mol. The Balaban J connectivity index is 2.04. The molecule has 1 heterocycles. The largest absolute Gasteiger partial charge is 0.298 e. The van der Waals surface area contributed by atoms with Crippen LogP contribution in [-0.2, 0) is 5.75 Å². The molecular formula is C12H11FN2OS2. The van der Waals surface area contributed by atoms with Gasteiger partial charge in [-0.3, -0.25) is 10.1 Å². The van der Waals surface area contributed by atoms with E-state index in [4.69, 9.17) is 0 Å². The van der Waals surface area contributed by atoms with Crippen molar-refractivity contribution in [3.05, 3.63) is 46.7 Å². The van der Waals surface area contributed by atoms with E-state index in [9.17, 15) is 9.18 Å². The molecule has 0 saturated carbocycles. The maximum absolute atomic E-state index is 12.7. The molecule has 2 rings (SSSR count). The molecule has 1 aromatic heterocycles. The van der Waals surface area contributed by atoms with Crippen molar-refractivity contribution in [2.24, 2.45) is 0 Å². The Morgan fingerprint density at radius 3 is 2.83 bits per heavy atom. The lowest BCUT2D eigenvalue weighted by molar-refractivity contribution is 0.102. The fourth-order valence-electron chi connectivity index (χ4n) is 1.35. The Morgan fingerprint density at radius 2 is 2.17 bits per heavy atom. The van der Waals surface area contributed by atoms with Gasteiger partial charge in [-0.1, -0.05) is 0 Å². The monoisotopic (exact) mass is 282 g/mol. The number of hydrogen-bond donors (Lipinski definition) is 1. The molecule has 3 nitrogen and oxygen atoms in total. The number of halogens is 1. The molecule has 94 valence electrons. The molecule has 0 aliphatic carbocycles. The van der Waals surface area contributed by atoms with E-state index in [0.29, 0.717) is 10.7 Å². The van der Waals surface area contributed by atoms with E-state index in [1.807, 2.05) is 11.6 Å². The molecule has 18 heavy (non-hydrogen) atoms. The zero-order valence-electron chi connectivity index (χ0n) is 9.64. The molecule has 0 spiro atoms. The Bertz CT molecular complexity index is 539. The number of amides is 1. The summed E-state index contributed by atoms with van der Waals surface area (Å²) in [6.07, 6.45) is 2.00. The molecule has 0 saturated heterocycles. The third-order valence-electron chi connectivity index (χ3n) is 2.17. The smallest absolute Gasteiger partial charge is 0.257 e. The highest BCUT2D eigenvalue weighted by molar-refractivity contribution is 7.97. The van der Waals surface area contributed by atoms with Gasteiger partial charge in [0.15, 0.2) is 5.13 Å². The minimum absolute atomic E-state index is 0.278. The number of thioether (sulfide) groups is 1. The van der Waals surface area contributed by atoms with Gasteiger partial charge in [0.2, 0.25) is 0 Å². The number of hydrogen-bond acceptors (Lipinski definition) is 4. The Kier molecular flexibility index (Phi) is 4.33. The number of nitrogens with zero attached hydrogens (tertiary/aromatic N) is 1. The quantitative estimate of drug-likeness (QED) is 0.934. The summed E-state index contributed by atoms with van der Waals surface area (Å²) < 4.78 is 12.7. The van der Waals surface area contributed by atoms with Crippen molar-refractivity contribution in [1.29, 1.82) is 0 Å². The van der Waals surface area contributed by atoms with Gasteiger partial charge in [0.05, 0.1) is 5.69 Å². The number of anilines is 1. The van der Waals surface area contributed by atoms with Gasteiger partial charge in [-0.25, -0.2) is 9.37 Å². The summed E-state index contributed by atoms with van der Waals surface area (Å²) in [6.45, 7) is 0. The fraction of sp³-hybridized carbons (Fsp3) is 0.167. The normalized spacial score (nSPS) is 10.3. The van der Waals surface area contributed by atoms with Gasteiger partial charge in [0, 0.05) is 16.7 Å². The number of aromatic nitrogens is 1. The molecule has 6 heteroatoms. The van der Waals surface area contributed by atoms with Gasteiger partial charge in [-0.05, 0) is 30.5 Å². The number of carbonyl (C=O) groups is 1. The van der Waals surface area contributed by atoms with Crippen LogP contribution < -0.4 is 5.32 Å². The average molecular weight is 282 g/mol. The lowest BCUT2D eigenvalue weighted by Gasteiger charge is -2.01. The van der Waals surface area contributed by atoms with Gasteiger partial charge >= 0.3 is 0 Å². The Labute approximate surface area is 112 Å².